The highest BCUT2D eigenvalue weighted by atomic mass is 32.3. The van der Waals surface area contributed by atoms with Crippen LogP contribution in [0.15, 0.2) is 18.2 Å². The van der Waals surface area contributed by atoms with E-state index in [0.717, 1.165) is 7.11 Å². The van der Waals surface area contributed by atoms with Crippen LogP contribution in [0.1, 0.15) is 26.3 Å². The molecule has 0 spiro atoms. The molecule has 1 N–H and O–H groups in total. The van der Waals surface area contributed by atoms with Gasteiger partial charge in [0.2, 0.25) is 16.1 Å². The van der Waals surface area contributed by atoms with Gasteiger partial charge in [-0.15, -0.1) is 0 Å². The fraction of sp³-hybridized carbons (Fsp3) is 0.462. The summed E-state index contributed by atoms with van der Waals surface area (Å²) in [4.78, 5) is 0. The molecule has 0 unspecified atom stereocenters. The predicted octanol–water partition coefficient (Wildman–Crippen LogP) is 1.51. The summed E-state index contributed by atoms with van der Waals surface area (Å²) in [6.07, 6.45) is 0. The molecule has 6 nitrogen and oxygen atoms in total. The van der Waals surface area contributed by atoms with Crippen molar-refractivity contribution in [3.63, 3.8) is 0 Å². The van der Waals surface area contributed by atoms with Gasteiger partial charge in [-0.3, -0.25) is 4.18 Å². The van der Waals surface area contributed by atoms with Gasteiger partial charge in [-0.1, -0.05) is 0 Å². The lowest BCUT2D eigenvalue weighted by Gasteiger charge is -2.14. The van der Waals surface area contributed by atoms with Gasteiger partial charge in [-0.2, -0.15) is 0 Å². The smallest absolute Gasteiger partial charge is 0.217 e. The van der Waals surface area contributed by atoms with Crippen LogP contribution >= 0.6 is 0 Å². The van der Waals surface area contributed by atoms with Crippen LogP contribution in [0.5, 0.6) is 5.75 Å². The van der Waals surface area contributed by atoms with Crippen LogP contribution in [0.25, 0.3) is 0 Å². The summed E-state index contributed by atoms with van der Waals surface area (Å²) in [6, 6.07) is 5.58. The van der Waals surface area contributed by atoms with E-state index < -0.39 is 10.4 Å². The second-order valence-electron chi connectivity index (χ2n) is 5.05. The minimum Gasteiger partial charge on any atom is -0.726 e. The van der Waals surface area contributed by atoms with Crippen LogP contribution in [0.3, 0.4) is 0 Å². The molecule has 1 aromatic carbocycles. The van der Waals surface area contributed by atoms with Crippen LogP contribution in [0.4, 0.5) is 5.69 Å². The molecule has 0 fully saturated rings. The number of benzene rings is 1. The van der Waals surface area contributed by atoms with Crippen molar-refractivity contribution in [1.29, 1.82) is 0 Å². The molecule has 1 aromatic rings. The highest BCUT2D eigenvalue weighted by Gasteiger charge is 2.41. The van der Waals surface area contributed by atoms with Crippen molar-refractivity contribution in [2.75, 3.05) is 14.2 Å². The summed E-state index contributed by atoms with van der Waals surface area (Å²) in [5.41, 5.74) is 3.75. The van der Waals surface area contributed by atoms with Crippen molar-refractivity contribution in [1.82, 2.24) is 0 Å². The van der Waals surface area contributed by atoms with Gasteiger partial charge in [0.25, 0.3) is 0 Å². The van der Waals surface area contributed by atoms with Crippen LogP contribution < -0.4 is 0 Å². The number of fused-ring (bicyclic) bond motifs is 1. The molecule has 0 saturated heterocycles. The molecule has 0 radical (unpaired) electrons. The van der Waals surface area contributed by atoms with Crippen LogP contribution in [0, 0.1) is 0 Å². The Hall–Kier alpha value is -1.44. The molecule has 1 heterocycles. The third kappa shape index (κ3) is 3.36. The van der Waals surface area contributed by atoms with Gasteiger partial charge in [-0.05, 0) is 26.0 Å². The topological polar surface area (TPSA) is 89.7 Å². The van der Waals surface area contributed by atoms with Crippen molar-refractivity contribution in [2.24, 2.45) is 0 Å². The van der Waals surface area contributed by atoms with E-state index in [1.54, 1.807) is 6.07 Å². The number of aromatic hydroxyl groups is 1. The van der Waals surface area contributed by atoms with Crippen molar-refractivity contribution >= 4 is 21.8 Å². The van der Waals surface area contributed by atoms with E-state index in [9.17, 15) is 18.1 Å². The van der Waals surface area contributed by atoms with Crippen molar-refractivity contribution in [3.8, 4) is 5.75 Å². The Bertz CT molecular complexity index is 647. The summed E-state index contributed by atoms with van der Waals surface area (Å²) >= 11 is 0. The van der Waals surface area contributed by atoms with E-state index in [2.05, 4.69) is 36.6 Å². The van der Waals surface area contributed by atoms with Gasteiger partial charge in [-0.25, -0.2) is 13.0 Å². The first-order valence-corrected chi connectivity index (χ1v) is 7.26. The molecular weight excluding hydrogens is 282 g/mol. The molecule has 7 heteroatoms. The van der Waals surface area contributed by atoms with Gasteiger partial charge in [0, 0.05) is 18.6 Å². The number of nitrogens with zero attached hydrogens (tertiary/aromatic N) is 1. The highest BCUT2D eigenvalue weighted by Crippen LogP contribution is 2.40. The molecule has 0 aliphatic carbocycles. The first kappa shape index (κ1) is 16.6. The Kier molecular flexibility index (Phi) is 4.58. The second kappa shape index (κ2) is 5.51. The van der Waals surface area contributed by atoms with E-state index in [-0.39, 0.29) is 5.41 Å². The predicted molar refractivity (Wildman–Crippen MR) is 74.4 cm³/mol. The lowest BCUT2D eigenvalue weighted by Crippen LogP contribution is -2.25. The molecule has 0 bridgehead atoms. The quantitative estimate of drug-likeness (QED) is 0.482. The normalized spacial score (nSPS) is 16.5. The van der Waals surface area contributed by atoms with E-state index in [0.29, 0.717) is 5.75 Å². The molecule has 0 saturated carbocycles. The van der Waals surface area contributed by atoms with Crippen LogP contribution in [-0.2, 0) is 20.0 Å². The zero-order valence-electron chi connectivity index (χ0n) is 12.2. The second-order valence-corrected chi connectivity index (χ2v) is 6.20. The standard InChI is InChI=1S/C12H15NO.CH4O4S/c1-8-12(2,3)10-7-9(14)5-6-11(10)13(8)4;1-5-6(2,3)4/h5-7H,1-4H3;1H3,(H,2,3,4). The van der Waals surface area contributed by atoms with Crippen molar-refractivity contribution in [2.45, 2.75) is 26.2 Å². The SMILES string of the molecule is CC1=[N+](C)c2ccc(O)cc2C1(C)C.COS(=O)(=O)[O-]. The van der Waals surface area contributed by atoms with E-state index in [1.165, 1.54) is 17.0 Å². The Labute approximate surface area is 119 Å². The first-order chi connectivity index (χ1) is 9.00. The molecule has 1 aliphatic heterocycles. The number of rotatable bonds is 1. The van der Waals surface area contributed by atoms with Crippen LogP contribution in [0.2, 0.25) is 0 Å². The fourth-order valence-corrected chi connectivity index (χ4v) is 2.11. The number of hydrogen-bond donors (Lipinski definition) is 1. The van der Waals surface area contributed by atoms with E-state index in [1.807, 2.05) is 12.1 Å². The molecular formula is C13H19NO5S. The molecule has 20 heavy (non-hydrogen) atoms. The number of hydrogen-bond acceptors (Lipinski definition) is 5. The molecule has 112 valence electrons. The lowest BCUT2D eigenvalue weighted by atomic mass is 9.82. The first-order valence-electron chi connectivity index (χ1n) is 5.93. The van der Waals surface area contributed by atoms with E-state index in [4.69, 9.17) is 0 Å². The Morgan fingerprint density at radius 3 is 2.30 bits per heavy atom. The molecule has 0 amide bonds. The third-order valence-corrected chi connectivity index (χ3v) is 4.03. The zero-order valence-corrected chi connectivity index (χ0v) is 13.0. The van der Waals surface area contributed by atoms with Crippen LogP contribution in [-0.4, -0.2) is 42.5 Å². The van der Waals surface area contributed by atoms with Crippen molar-refractivity contribution in [3.05, 3.63) is 23.8 Å². The minimum absolute atomic E-state index is 0.0306. The Balaban J connectivity index is 0.000000286. The van der Waals surface area contributed by atoms with Gasteiger partial charge in [0.1, 0.15) is 12.8 Å². The number of phenolic OH excluding ortho intramolecular Hbond substituents is 1. The fourth-order valence-electron chi connectivity index (χ4n) is 2.11. The summed E-state index contributed by atoms with van der Waals surface area (Å²) in [6.45, 7) is 6.51. The maximum Gasteiger partial charge on any atom is 0.217 e. The summed E-state index contributed by atoms with van der Waals surface area (Å²) < 4.78 is 33.2. The summed E-state index contributed by atoms with van der Waals surface area (Å²) in [7, 11) is -1.53. The lowest BCUT2D eigenvalue weighted by molar-refractivity contribution is -0.403. The van der Waals surface area contributed by atoms with Gasteiger partial charge in [0.15, 0.2) is 5.71 Å². The average Bonchev–Trinajstić information content (AvgIpc) is 2.51. The van der Waals surface area contributed by atoms with Gasteiger partial charge >= 0.3 is 0 Å². The maximum absolute atomic E-state index is 9.47. The molecule has 2 rings (SSSR count). The van der Waals surface area contributed by atoms with Gasteiger partial charge in [0.05, 0.1) is 12.5 Å². The number of phenols is 1. The van der Waals surface area contributed by atoms with E-state index >= 15 is 0 Å². The molecule has 0 aromatic heterocycles. The minimum atomic E-state index is -4.41. The molecule has 0 atom stereocenters. The zero-order chi connectivity index (χ0) is 15.7. The monoisotopic (exact) mass is 301 g/mol. The van der Waals surface area contributed by atoms with Crippen molar-refractivity contribution < 1.29 is 26.8 Å². The highest BCUT2D eigenvalue weighted by molar-refractivity contribution is 7.80. The summed E-state index contributed by atoms with van der Waals surface area (Å²) in [5, 5.41) is 9.47. The summed E-state index contributed by atoms with van der Waals surface area (Å²) in [5.74, 6) is 0.347. The maximum atomic E-state index is 9.47. The Morgan fingerprint density at radius 1 is 1.35 bits per heavy atom. The molecule has 1 aliphatic rings. The Morgan fingerprint density at radius 2 is 1.85 bits per heavy atom. The average molecular weight is 301 g/mol. The third-order valence-electron chi connectivity index (χ3n) is 3.63. The largest absolute Gasteiger partial charge is 0.726 e. The van der Waals surface area contributed by atoms with Gasteiger partial charge < -0.3 is 9.66 Å².